The van der Waals surface area contributed by atoms with Crippen LogP contribution in [-0.2, 0) is 11.8 Å². The van der Waals surface area contributed by atoms with Crippen LogP contribution in [0.4, 0.5) is 43.9 Å². The second-order valence-corrected chi connectivity index (χ2v) is 3.30. The van der Waals surface area contributed by atoms with Gasteiger partial charge in [-0.1, -0.05) is 0 Å². The van der Waals surface area contributed by atoms with Crippen molar-refractivity contribution in [3.05, 3.63) is 17.5 Å². The topological polar surface area (TPSA) is 28.7 Å². The van der Waals surface area contributed by atoms with Crippen LogP contribution >= 0.6 is 0 Å². The highest BCUT2D eigenvalue weighted by Gasteiger charge is 2.67. The first kappa shape index (κ1) is 15.6. The van der Waals surface area contributed by atoms with E-state index in [1.54, 1.807) is 0 Å². The van der Waals surface area contributed by atoms with Crippen molar-refractivity contribution in [2.24, 2.45) is 0 Å². The minimum atomic E-state index is -6.35. The summed E-state index contributed by atoms with van der Waals surface area (Å²) >= 11 is 0. The number of nitrogens with one attached hydrogen (secondary N) is 1. The van der Waals surface area contributed by atoms with Gasteiger partial charge in [0.1, 0.15) is 5.69 Å². The summed E-state index contributed by atoms with van der Waals surface area (Å²) in [5.41, 5.74) is -5.23. The Balaban J connectivity index is 3.43. The highest BCUT2D eigenvalue weighted by atomic mass is 19.4. The number of alkyl halides is 10. The number of H-pyrrole nitrogens is 1. The van der Waals surface area contributed by atoms with Crippen molar-refractivity contribution in [2.75, 3.05) is 0 Å². The van der Waals surface area contributed by atoms with E-state index < -0.39 is 41.7 Å². The SMILES string of the molecule is FC(F)(F)C(F)(F)c1cn[nH]c1C(F)(F)C(F)(F)F. The lowest BCUT2D eigenvalue weighted by molar-refractivity contribution is -0.302. The number of hydrogen-bond acceptors (Lipinski definition) is 1. The van der Waals surface area contributed by atoms with Gasteiger partial charge in [-0.05, 0) is 0 Å². The van der Waals surface area contributed by atoms with E-state index in [2.05, 4.69) is 5.10 Å². The van der Waals surface area contributed by atoms with Gasteiger partial charge in [0.25, 0.3) is 0 Å². The Kier molecular flexibility index (Phi) is 3.28. The Hall–Kier alpha value is -1.49. The van der Waals surface area contributed by atoms with Crippen molar-refractivity contribution < 1.29 is 43.9 Å². The normalized spacial score (nSPS) is 14.8. The summed E-state index contributed by atoms with van der Waals surface area (Å²) in [6, 6.07) is 0. The van der Waals surface area contributed by atoms with E-state index in [1.165, 1.54) is 0 Å². The molecule has 0 aliphatic heterocycles. The molecule has 0 radical (unpaired) electrons. The lowest BCUT2D eigenvalue weighted by atomic mass is 10.0. The molecule has 0 spiro atoms. The molecule has 0 aliphatic carbocycles. The second-order valence-electron chi connectivity index (χ2n) is 3.30. The first-order valence-electron chi connectivity index (χ1n) is 4.16. The van der Waals surface area contributed by atoms with E-state index in [-0.39, 0.29) is 0 Å². The number of halogens is 10. The highest BCUT2D eigenvalue weighted by molar-refractivity contribution is 5.28. The molecule has 1 heterocycles. The van der Waals surface area contributed by atoms with Gasteiger partial charge >= 0.3 is 24.2 Å². The van der Waals surface area contributed by atoms with Crippen LogP contribution in [0.3, 0.4) is 0 Å². The molecule has 0 aromatic carbocycles. The van der Waals surface area contributed by atoms with Gasteiger partial charge in [-0.25, -0.2) is 0 Å². The Labute approximate surface area is 96.9 Å². The quantitative estimate of drug-likeness (QED) is 0.829. The molecule has 1 rings (SSSR count). The van der Waals surface area contributed by atoms with Gasteiger partial charge in [0, 0.05) is 0 Å². The molecule has 1 aromatic rings. The average molecular weight is 304 g/mol. The molecule has 0 bridgehead atoms. The maximum atomic E-state index is 12.8. The lowest BCUT2D eigenvalue weighted by Gasteiger charge is -2.23. The number of hydrogen-bond donors (Lipinski definition) is 1. The molecule has 19 heavy (non-hydrogen) atoms. The summed E-state index contributed by atoms with van der Waals surface area (Å²) in [6.45, 7) is 0. The van der Waals surface area contributed by atoms with Crippen LogP contribution in [0.2, 0.25) is 0 Å². The van der Waals surface area contributed by atoms with Crippen molar-refractivity contribution in [2.45, 2.75) is 24.2 Å². The molecule has 1 aromatic heterocycles. The molecular formula is C7H2F10N2. The first-order chi connectivity index (χ1) is 8.23. The molecule has 0 unspecified atom stereocenters. The second kappa shape index (κ2) is 4.00. The van der Waals surface area contributed by atoms with Gasteiger partial charge in [0.15, 0.2) is 0 Å². The van der Waals surface area contributed by atoms with Crippen LogP contribution in [0.25, 0.3) is 0 Å². The van der Waals surface area contributed by atoms with E-state index in [9.17, 15) is 43.9 Å². The Morgan fingerprint density at radius 1 is 0.737 bits per heavy atom. The molecule has 0 aliphatic rings. The molecule has 0 fully saturated rings. The van der Waals surface area contributed by atoms with E-state index in [4.69, 9.17) is 0 Å². The largest absolute Gasteiger partial charge is 0.459 e. The smallest absolute Gasteiger partial charge is 0.276 e. The zero-order valence-corrected chi connectivity index (χ0v) is 8.30. The third-order valence-electron chi connectivity index (χ3n) is 2.00. The van der Waals surface area contributed by atoms with Crippen LogP contribution < -0.4 is 0 Å². The van der Waals surface area contributed by atoms with Crippen LogP contribution in [0.1, 0.15) is 11.3 Å². The molecule has 0 amide bonds. The number of aromatic amines is 1. The van der Waals surface area contributed by atoms with Crippen LogP contribution in [-0.4, -0.2) is 22.5 Å². The predicted octanol–water partition coefficient (Wildman–Crippen LogP) is 3.72. The van der Waals surface area contributed by atoms with Gasteiger partial charge in [-0.15, -0.1) is 0 Å². The molecular weight excluding hydrogens is 302 g/mol. The summed E-state index contributed by atoms with van der Waals surface area (Å²) in [4.78, 5) is 0. The minimum absolute atomic E-state index is 0.428. The fourth-order valence-electron chi connectivity index (χ4n) is 1.06. The summed E-state index contributed by atoms with van der Waals surface area (Å²) in [6.07, 6.45) is -13.1. The van der Waals surface area contributed by atoms with E-state index in [0.717, 1.165) is 5.10 Å². The Morgan fingerprint density at radius 3 is 1.53 bits per heavy atom. The number of nitrogens with zero attached hydrogens (tertiary/aromatic N) is 1. The highest BCUT2D eigenvalue weighted by Crippen LogP contribution is 2.50. The average Bonchev–Trinajstić information content (AvgIpc) is 2.62. The summed E-state index contributed by atoms with van der Waals surface area (Å²) in [7, 11) is 0. The lowest BCUT2D eigenvalue weighted by Crippen LogP contribution is -2.40. The van der Waals surface area contributed by atoms with Crippen LogP contribution in [0.5, 0.6) is 0 Å². The number of rotatable bonds is 2. The van der Waals surface area contributed by atoms with Crippen molar-refractivity contribution in [3.8, 4) is 0 Å². The van der Waals surface area contributed by atoms with E-state index in [0.29, 0.717) is 0 Å². The molecule has 110 valence electrons. The van der Waals surface area contributed by atoms with Gasteiger partial charge in [-0.3, -0.25) is 5.10 Å². The maximum Gasteiger partial charge on any atom is 0.459 e. The van der Waals surface area contributed by atoms with Crippen LogP contribution in [0.15, 0.2) is 6.20 Å². The molecule has 12 heteroatoms. The maximum absolute atomic E-state index is 12.8. The first-order valence-corrected chi connectivity index (χ1v) is 4.16. The Morgan fingerprint density at radius 2 is 1.16 bits per heavy atom. The molecule has 0 saturated heterocycles. The summed E-state index contributed by atoms with van der Waals surface area (Å²) in [5.74, 6) is -11.8. The summed E-state index contributed by atoms with van der Waals surface area (Å²) in [5, 5.41) is 3.23. The van der Waals surface area contributed by atoms with E-state index >= 15 is 0 Å². The van der Waals surface area contributed by atoms with Crippen molar-refractivity contribution in [1.82, 2.24) is 10.2 Å². The van der Waals surface area contributed by atoms with Crippen LogP contribution in [0, 0.1) is 0 Å². The monoisotopic (exact) mass is 304 g/mol. The van der Waals surface area contributed by atoms with Crippen molar-refractivity contribution in [3.63, 3.8) is 0 Å². The number of aromatic nitrogens is 2. The predicted molar refractivity (Wildman–Crippen MR) is 38.5 cm³/mol. The van der Waals surface area contributed by atoms with Crippen molar-refractivity contribution in [1.29, 1.82) is 0 Å². The van der Waals surface area contributed by atoms with Gasteiger partial charge in [-0.2, -0.15) is 49.0 Å². The molecule has 0 saturated carbocycles. The fourth-order valence-corrected chi connectivity index (χ4v) is 1.06. The fraction of sp³-hybridized carbons (Fsp3) is 0.571. The van der Waals surface area contributed by atoms with Gasteiger partial charge in [0.05, 0.1) is 11.8 Å². The third kappa shape index (κ3) is 2.34. The van der Waals surface area contributed by atoms with E-state index in [1.807, 2.05) is 0 Å². The Bertz CT molecular complexity index is 413. The zero-order chi connectivity index (χ0) is 15.3. The van der Waals surface area contributed by atoms with Crippen molar-refractivity contribution >= 4 is 0 Å². The molecule has 0 atom stereocenters. The van der Waals surface area contributed by atoms with Gasteiger partial charge in [0.2, 0.25) is 0 Å². The van der Waals surface area contributed by atoms with Gasteiger partial charge < -0.3 is 0 Å². The summed E-state index contributed by atoms with van der Waals surface area (Å²) < 4.78 is 123. The standard InChI is InChI=1S/C7H2F10N2/c8-4(9,6(12,13)14)2-1-18-19-3(2)5(10,11)7(15,16)17/h1H,(H,18,19). The molecule has 2 nitrogen and oxygen atoms in total. The molecule has 1 N–H and O–H groups in total. The zero-order valence-electron chi connectivity index (χ0n) is 8.30. The minimum Gasteiger partial charge on any atom is -0.276 e. The third-order valence-corrected chi connectivity index (χ3v) is 2.00.